The van der Waals surface area contributed by atoms with E-state index < -0.39 is 17.7 Å². The first-order valence-corrected chi connectivity index (χ1v) is 11.3. The van der Waals surface area contributed by atoms with Gasteiger partial charge in [0.25, 0.3) is 11.7 Å². The van der Waals surface area contributed by atoms with Crippen LogP contribution in [0.4, 0.5) is 0 Å². The fourth-order valence-electron chi connectivity index (χ4n) is 4.18. The number of rotatable bonds is 9. The fraction of sp³-hybridized carbons (Fsp3) is 0.269. The lowest BCUT2D eigenvalue weighted by Gasteiger charge is -2.26. The van der Waals surface area contributed by atoms with Crippen LogP contribution >= 0.6 is 0 Å². The lowest BCUT2D eigenvalue weighted by molar-refractivity contribution is -0.139. The summed E-state index contributed by atoms with van der Waals surface area (Å²) in [7, 11) is 1.53. The summed E-state index contributed by atoms with van der Waals surface area (Å²) < 4.78 is 12.6. The van der Waals surface area contributed by atoms with Crippen molar-refractivity contribution in [2.45, 2.75) is 25.9 Å². The number of amides is 1. The number of phenolic OH excluding ortho intramolecular Hbond substituents is 1. The van der Waals surface area contributed by atoms with E-state index in [2.05, 4.69) is 4.98 Å². The number of aromatic nitrogens is 2. The van der Waals surface area contributed by atoms with Gasteiger partial charge in [0.2, 0.25) is 0 Å². The molecule has 35 heavy (non-hydrogen) atoms. The number of carbonyl (C=O) groups excluding carboxylic acids is 2. The highest BCUT2D eigenvalue weighted by atomic mass is 16.5. The molecular formula is C26H27N3O6. The molecule has 1 aromatic heterocycles. The Bertz CT molecular complexity index is 1230. The summed E-state index contributed by atoms with van der Waals surface area (Å²) in [5.74, 6) is -0.961. The van der Waals surface area contributed by atoms with E-state index in [0.717, 1.165) is 0 Å². The minimum atomic E-state index is -0.848. The van der Waals surface area contributed by atoms with Gasteiger partial charge in [-0.2, -0.15) is 0 Å². The van der Waals surface area contributed by atoms with Crippen molar-refractivity contribution in [2.24, 2.45) is 0 Å². The third kappa shape index (κ3) is 4.84. The van der Waals surface area contributed by atoms with Gasteiger partial charge in [-0.1, -0.05) is 6.07 Å². The Labute approximate surface area is 202 Å². The van der Waals surface area contributed by atoms with Gasteiger partial charge in [-0.3, -0.25) is 9.59 Å². The molecule has 2 N–H and O–H groups in total. The molecule has 1 atom stereocenters. The molecule has 0 spiro atoms. The summed E-state index contributed by atoms with van der Waals surface area (Å²) in [6.45, 7) is 3.00. The number of benzene rings is 2. The minimum absolute atomic E-state index is 0.0177. The van der Waals surface area contributed by atoms with E-state index >= 15 is 0 Å². The van der Waals surface area contributed by atoms with E-state index in [1.165, 1.54) is 18.1 Å². The molecule has 1 fully saturated rings. The van der Waals surface area contributed by atoms with Crippen LogP contribution in [0.15, 0.2) is 66.8 Å². The average molecular weight is 478 g/mol. The van der Waals surface area contributed by atoms with Gasteiger partial charge in [0.15, 0.2) is 11.5 Å². The summed E-state index contributed by atoms with van der Waals surface area (Å²) in [5.41, 5.74) is 0.912. The number of likely N-dealkylation sites (tertiary alicyclic amines) is 1. The molecule has 2 aromatic carbocycles. The Balaban J connectivity index is 1.76. The van der Waals surface area contributed by atoms with E-state index in [4.69, 9.17) is 9.47 Å². The van der Waals surface area contributed by atoms with Gasteiger partial charge in [-0.05, 0) is 55.3 Å². The van der Waals surface area contributed by atoms with Crippen LogP contribution in [-0.2, 0) is 16.1 Å². The van der Waals surface area contributed by atoms with Gasteiger partial charge in [0.05, 0.1) is 31.7 Å². The first-order chi connectivity index (χ1) is 16.9. The zero-order chi connectivity index (χ0) is 24.9. The molecule has 182 valence electrons. The Morgan fingerprint density at radius 1 is 1.11 bits per heavy atom. The third-order valence-corrected chi connectivity index (χ3v) is 5.88. The predicted molar refractivity (Wildman–Crippen MR) is 128 cm³/mol. The van der Waals surface area contributed by atoms with Gasteiger partial charge >= 0.3 is 0 Å². The number of ether oxygens (including phenoxy) is 2. The second-order valence-corrected chi connectivity index (χ2v) is 8.04. The molecule has 1 amide bonds. The molecule has 3 aromatic rings. The van der Waals surface area contributed by atoms with Gasteiger partial charge < -0.3 is 29.2 Å². The van der Waals surface area contributed by atoms with E-state index in [-0.39, 0.29) is 29.4 Å². The van der Waals surface area contributed by atoms with E-state index in [0.29, 0.717) is 36.4 Å². The predicted octanol–water partition coefficient (Wildman–Crippen LogP) is 3.51. The molecule has 4 rings (SSSR count). The van der Waals surface area contributed by atoms with Crippen molar-refractivity contribution in [2.75, 3.05) is 20.3 Å². The Kier molecular flexibility index (Phi) is 7.05. The Hall–Kier alpha value is -4.27. The maximum Gasteiger partial charge on any atom is 0.295 e. The van der Waals surface area contributed by atoms with Crippen LogP contribution in [0.2, 0.25) is 0 Å². The SMILES string of the molecule is CCOc1cc([C@H]2C(=C(O)c3ccc(OC)cc3)C(=O)C(=O)N2CCCn2ccnc2)ccc1O. The summed E-state index contributed by atoms with van der Waals surface area (Å²) in [5, 5.41) is 21.3. The van der Waals surface area contributed by atoms with Crippen molar-refractivity contribution < 1.29 is 29.3 Å². The van der Waals surface area contributed by atoms with E-state index in [1.54, 1.807) is 55.8 Å². The van der Waals surface area contributed by atoms with Crippen molar-refractivity contribution in [3.63, 3.8) is 0 Å². The molecular weight excluding hydrogens is 450 g/mol. The standard InChI is InChI=1S/C26H27N3O6/c1-3-35-21-15-18(7-10-20(21)30)23-22(24(31)17-5-8-19(34-2)9-6-17)25(32)26(33)29(23)13-4-12-28-14-11-27-16-28/h5-11,14-16,23,30-31H,3-4,12-13H2,1-2H3/t23-/m0/s1. The Morgan fingerprint density at radius 2 is 1.89 bits per heavy atom. The highest BCUT2D eigenvalue weighted by Gasteiger charge is 2.46. The summed E-state index contributed by atoms with van der Waals surface area (Å²) in [4.78, 5) is 31.8. The molecule has 9 heteroatoms. The molecule has 9 nitrogen and oxygen atoms in total. The third-order valence-electron chi connectivity index (χ3n) is 5.88. The van der Waals surface area contributed by atoms with Gasteiger partial charge in [-0.25, -0.2) is 4.98 Å². The van der Waals surface area contributed by atoms with Crippen LogP contribution < -0.4 is 9.47 Å². The molecule has 1 aliphatic rings. The van der Waals surface area contributed by atoms with Crippen LogP contribution in [0, 0.1) is 0 Å². The number of Topliss-reactive ketones (excluding diaryl/α,β-unsaturated/α-hetero) is 1. The normalized spacial score (nSPS) is 17.1. The molecule has 0 radical (unpaired) electrons. The first kappa shape index (κ1) is 23.9. The number of imidazole rings is 1. The van der Waals surface area contributed by atoms with Gasteiger partial charge in [0, 0.05) is 31.0 Å². The summed E-state index contributed by atoms with van der Waals surface area (Å²) >= 11 is 0. The number of methoxy groups -OCH3 is 1. The number of carbonyl (C=O) groups is 2. The zero-order valence-electron chi connectivity index (χ0n) is 19.5. The topological polar surface area (TPSA) is 114 Å². The summed E-state index contributed by atoms with van der Waals surface area (Å²) in [6.07, 6.45) is 5.75. The van der Waals surface area contributed by atoms with E-state index in [1.807, 2.05) is 10.8 Å². The zero-order valence-corrected chi connectivity index (χ0v) is 19.5. The Morgan fingerprint density at radius 3 is 2.54 bits per heavy atom. The van der Waals surface area contributed by atoms with Crippen molar-refractivity contribution >= 4 is 17.4 Å². The molecule has 1 aliphatic heterocycles. The second kappa shape index (κ2) is 10.3. The van der Waals surface area contributed by atoms with Gasteiger partial charge in [-0.15, -0.1) is 0 Å². The monoisotopic (exact) mass is 477 g/mol. The highest BCUT2D eigenvalue weighted by molar-refractivity contribution is 6.46. The molecule has 2 heterocycles. The largest absolute Gasteiger partial charge is 0.507 e. The fourth-order valence-corrected chi connectivity index (χ4v) is 4.18. The van der Waals surface area contributed by atoms with E-state index in [9.17, 15) is 19.8 Å². The minimum Gasteiger partial charge on any atom is -0.507 e. The van der Waals surface area contributed by atoms with Crippen molar-refractivity contribution in [3.05, 3.63) is 77.9 Å². The number of phenols is 1. The molecule has 0 saturated carbocycles. The number of aliphatic hydroxyl groups is 1. The second-order valence-electron chi connectivity index (χ2n) is 8.04. The molecule has 0 aliphatic carbocycles. The van der Waals surface area contributed by atoms with Crippen LogP contribution in [0.25, 0.3) is 5.76 Å². The van der Waals surface area contributed by atoms with Crippen molar-refractivity contribution in [1.82, 2.24) is 14.5 Å². The number of aliphatic hydroxyl groups excluding tert-OH is 1. The number of aryl methyl sites for hydroxylation is 1. The number of aromatic hydroxyl groups is 1. The smallest absolute Gasteiger partial charge is 0.295 e. The van der Waals surface area contributed by atoms with Gasteiger partial charge in [0.1, 0.15) is 11.5 Å². The van der Waals surface area contributed by atoms with Crippen LogP contribution in [-0.4, -0.2) is 56.6 Å². The van der Waals surface area contributed by atoms with Crippen molar-refractivity contribution in [1.29, 1.82) is 0 Å². The number of nitrogens with zero attached hydrogens (tertiary/aromatic N) is 3. The summed E-state index contributed by atoms with van der Waals surface area (Å²) in [6, 6.07) is 10.4. The lowest BCUT2D eigenvalue weighted by Crippen LogP contribution is -2.31. The first-order valence-electron chi connectivity index (χ1n) is 11.3. The number of hydrogen-bond acceptors (Lipinski definition) is 7. The number of hydrogen-bond donors (Lipinski definition) is 2. The number of ketones is 1. The maximum atomic E-state index is 13.2. The van der Waals surface area contributed by atoms with Crippen LogP contribution in [0.3, 0.4) is 0 Å². The molecule has 1 saturated heterocycles. The molecule has 0 bridgehead atoms. The molecule has 0 unspecified atom stereocenters. The van der Waals surface area contributed by atoms with Crippen LogP contribution in [0.5, 0.6) is 17.2 Å². The average Bonchev–Trinajstić information content (AvgIpc) is 3.47. The quantitative estimate of drug-likeness (QED) is 0.275. The maximum absolute atomic E-state index is 13.2. The lowest BCUT2D eigenvalue weighted by atomic mass is 9.95. The van der Waals surface area contributed by atoms with Crippen molar-refractivity contribution in [3.8, 4) is 17.2 Å². The van der Waals surface area contributed by atoms with Crippen LogP contribution in [0.1, 0.15) is 30.5 Å². The highest BCUT2D eigenvalue weighted by Crippen LogP contribution is 2.42.